The van der Waals surface area contributed by atoms with Crippen LogP contribution in [0.15, 0.2) is 29.6 Å². The number of aromatic nitrogens is 2. The van der Waals surface area contributed by atoms with Crippen molar-refractivity contribution in [3.63, 3.8) is 0 Å². The standard InChI is InChI=1S/C9H10N4/c1-13-6-11-8-3-2-7(5-12-10)4-9(8)13/h2-6H,10H2,1H3. The topological polar surface area (TPSA) is 56.2 Å². The van der Waals surface area contributed by atoms with Gasteiger partial charge in [-0.15, -0.1) is 0 Å². The number of hydrogen-bond donors (Lipinski definition) is 1. The van der Waals surface area contributed by atoms with E-state index in [1.54, 1.807) is 12.5 Å². The van der Waals surface area contributed by atoms with E-state index in [0.29, 0.717) is 0 Å². The van der Waals surface area contributed by atoms with E-state index in [2.05, 4.69) is 10.1 Å². The van der Waals surface area contributed by atoms with Crippen LogP contribution in [0.2, 0.25) is 0 Å². The molecule has 2 aromatic rings. The van der Waals surface area contributed by atoms with E-state index in [9.17, 15) is 0 Å². The molecule has 2 rings (SSSR count). The summed E-state index contributed by atoms with van der Waals surface area (Å²) in [5.74, 6) is 5.06. The zero-order valence-corrected chi connectivity index (χ0v) is 7.31. The number of fused-ring (bicyclic) bond motifs is 1. The van der Waals surface area contributed by atoms with Crippen molar-refractivity contribution in [2.45, 2.75) is 0 Å². The Morgan fingerprint density at radius 3 is 3.15 bits per heavy atom. The zero-order valence-electron chi connectivity index (χ0n) is 7.31. The first-order valence-corrected chi connectivity index (χ1v) is 3.95. The molecule has 0 unspecified atom stereocenters. The van der Waals surface area contributed by atoms with Crippen LogP contribution in [-0.2, 0) is 7.05 Å². The molecule has 2 N–H and O–H groups in total. The number of aryl methyl sites for hydroxylation is 1. The highest BCUT2D eigenvalue weighted by molar-refractivity contribution is 5.87. The number of nitrogens with two attached hydrogens (primary N) is 1. The lowest BCUT2D eigenvalue weighted by atomic mass is 10.2. The van der Waals surface area contributed by atoms with E-state index in [0.717, 1.165) is 16.6 Å². The van der Waals surface area contributed by atoms with Crippen LogP contribution in [0.3, 0.4) is 0 Å². The molecule has 66 valence electrons. The average Bonchev–Trinajstić information content (AvgIpc) is 2.49. The van der Waals surface area contributed by atoms with Crippen molar-refractivity contribution < 1.29 is 0 Å². The molecule has 4 nitrogen and oxygen atoms in total. The Kier molecular flexibility index (Phi) is 1.73. The summed E-state index contributed by atoms with van der Waals surface area (Å²) in [6.07, 6.45) is 3.40. The fourth-order valence-corrected chi connectivity index (χ4v) is 1.31. The van der Waals surface area contributed by atoms with Gasteiger partial charge >= 0.3 is 0 Å². The molecule has 0 aliphatic heterocycles. The summed E-state index contributed by atoms with van der Waals surface area (Å²) in [5, 5.41) is 3.47. The van der Waals surface area contributed by atoms with E-state index in [1.807, 2.05) is 29.8 Å². The molecule has 1 aromatic heterocycles. The highest BCUT2D eigenvalue weighted by atomic mass is 15.1. The lowest BCUT2D eigenvalue weighted by Gasteiger charge is -1.95. The first-order chi connectivity index (χ1) is 6.31. The SMILES string of the molecule is Cn1cnc2ccc(C=NN)cc21. The minimum atomic E-state index is 0.983. The maximum Gasteiger partial charge on any atom is 0.0955 e. The fraction of sp³-hybridized carbons (Fsp3) is 0.111. The van der Waals surface area contributed by atoms with Gasteiger partial charge in [0.25, 0.3) is 0 Å². The molecule has 0 atom stereocenters. The van der Waals surface area contributed by atoms with Gasteiger partial charge in [-0.3, -0.25) is 0 Å². The van der Waals surface area contributed by atoms with Gasteiger partial charge in [0, 0.05) is 7.05 Å². The van der Waals surface area contributed by atoms with Crippen LogP contribution < -0.4 is 5.84 Å². The number of benzene rings is 1. The van der Waals surface area contributed by atoms with Crippen molar-refractivity contribution in [2.75, 3.05) is 0 Å². The summed E-state index contributed by atoms with van der Waals surface area (Å²) >= 11 is 0. The molecule has 0 aliphatic rings. The molecule has 1 heterocycles. The molecule has 0 aliphatic carbocycles. The highest BCUT2D eigenvalue weighted by Crippen LogP contribution is 2.12. The summed E-state index contributed by atoms with van der Waals surface area (Å²) in [5.41, 5.74) is 3.05. The Hall–Kier alpha value is -1.84. The van der Waals surface area contributed by atoms with Crippen LogP contribution >= 0.6 is 0 Å². The largest absolute Gasteiger partial charge is 0.334 e. The van der Waals surface area contributed by atoms with E-state index in [4.69, 9.17) is 5.84 Å². The monoisotopic (exact) mass is 174 g/mol. The maximum atomic E-state index is 5.06. The predicted molar refractivity (Wildman–Crippen MR) is 52.5 cm³/mol. The van der Waals surface area contributed by atoms with Crippen molar-refractivity contribution >= 4 is 17.2 Å². The Labute approximate surface area is 75.7 Å². The molecular formula is C9H10N4. The predicted octanol–water partition coefficient (Wildman–Crippen LogP) is 0.866. The van der Waals surface area contributed by atoms with Crippen LogP contribution in [-0.4, -0.2) is 15.8 Å². The molecular weight excluding hydrogens is 164 g/mol. The third-order valence-corrected chi connectivity index (χ3v) is 1.97. The smallest absolute Gasteiger partial charge is 0.0955 e. The quantitative estimate of drug-likeness (QED) is 0.396. The lowest BCUT2D eigenvalue weighted by molar-refractivity contribution is 0.947. The Balaban J connectivity index is 2.65. The van der Waals surface area contributed by atoms with Crippen LogP contribution in [0.4, 0.5) is 0 Å². The van der Waals surface area contributed by atoms with Gasteiger partial charge in [-0.2, -0.15) is 5.10 Å². The normalized spacial score (nSPS) is 11.5. The number of rotatable bonds is 1. The van der Waals surface area contributed by atoms with Gasteiger partial charge in [0.05, 0.1) is 23.6 Å². The Morgan fingerprint density at radius 1 is 1.54 bits per heavy atom. The van der Waals surface area contributed by atoms with Crippen molar-refractivity contribution in [1.29, 1.82) is 0 Å². The molecule has 0 radical (unpaired) electrons. The van der Waals surface area contributed by atoms with Crippen molar-refractivity contribution in [3.8, 4) is 0 Å². The summed E-state index contributed by atoms with van der Waals surface area (Å²) < 4.78 is 1.96. The average molecular weight is 174 g/mol. The van der Waals surface area contributed by atoms with Gasteiger partial charge in [-0.05, 0) is 17.7 Å². The summed E-state index contributed by atoms with van der Waals surface area (Å²) in [6.45, 7) is 0. The van der Waals surface area contributed by atoms with Crippen LogP contribution in [0.25, 0.3) is 11.0 Å². The number of hydrogen-bond acceptors (Lipinski definition) is 3. The first-order valence-electron chi connectivity index (χ1n) is 3.95. The van der Waals surface area contributed by atoms with E-state index in [-0.39, 0.29) is 0 Å². The van der Waals surface area contributed by atoms with Gasteiger partial charge in [0.2, 0.25) is 0 Å². The Bertz CT molecular complexity index is 456. The molecule has 0 spiro atoms. The third-order valence-electron chi connectivity index (χ3n) is 1.97. The van der Waals surface area contributed by atoms with Gasteiger partial charge in [0.1, 0.15) is 0 Å². The lowest BCUT2D eigenvalue weighted by Crippen LogP contribution is -1.88. The molecule has 4 heteroatoms. The van der Waals surface area contributed by atoms with Gasteiger partial charge in [-0.25, -0.2) is 4.98 Å². The van der Waals surface area contributed by atoms with Gasteiger partial charge < -0.3 is 10.4 Å². The van der Waals surface area contributed by atoms with Crippen molar-refractivity contribution in [1.82, 2.24) is 9.55 Å². The molecule has 0 bridgehead atoms. The maximum absolute atomic E-state index is 5.06. The summed E-state index contributed by atoms with van der Waals surface area (Å²) in [6, 6.07) is 5.89. The molecule has 0 saturated heterocycles. The molecule has 1 aromatic carbocycles. The molecule has 13 heavy (non-hydrogen) atoms. The Morgan fingerprint density at radius 2 is 2.38 bits per heavy atom. The second kappa shape index (κ2) is 2.90. The van der Waals surface area contributed by atoms with Crippen molar-refractivity contribution in [3.05, 3.63) is 30.1 Å². The summed E-state index contributed by atoms with van der Waals surface area (Å²) in [4.78, 5) is 4.21. The van der Waals surface area contributed by atoms with E-state index < -0.39 is 0 Å². The molecule has 0 saturated carbocycles. The van der Waals surface area contributed by atoms with Gasteiger partial charge in [0.15, 0.2) is 0 Å². The fourth-order valence-electron chi connectivity index (χ4n) is 1.31. The van der Waals surface area contributed by atoms with Crippen LogP contribution in [0.1, 0.15) is 5.56 Å². The van der Waals surface area contributed by atoms with Crippen LogP contribution in [0.5, 0.6) is 0 Å². The van der Waals surface area contributed by atoms with Crippen molar-refractivity contribution in [2.24, 2.45) is 18.0 Å². The zero-order chi connectivity index (χ0) is 9.26. The number of hydrazone groups is 1. The minimum Gasteiger partial charge on any atom is -0.334 e. The number of imidazole rings is 1. The molecule has 0 fully saturated rings. The minimum absolute atomic E-state index is 0.983. The first kappa shape index (κ1) is 7.79. The second-order valence-corrected chi connectivity index (χ2v) is 2.88. The summed E-state index contributed by atoms with van der Waals surface area (Å²) in [7, 11) is 1.96. The third kappa shape index (κ3) is 1.26. The highest BCUT2D eigenvalue weighted by Gasteiger charge is 1.98. The molecule has 0 amide bonds. The number of nitrogens with zero attached hydrogens (tertiary/aromatic N) is 3. The van der Waals surface area contributed by atoms with Crippen LogP contribution in [0, 0.1) is 0 Å². The van der Waals surface area contributed by atoms with E-state index >= 15 is 0 Å². The second-order valence-electron chi connectivity index (χ2n) is 2.88. The van der Waals surface area contributed by atoms with Gasteiger partial charge in [-0.1, -0.05) is 6.07 Å². The van der Waals surface area contributed by atoms with E-state index in [1.165, 1.54) is 0 Å².